The zero-order valence-corrected chi connectivity index (χ0v) is 14.4. The fraction of sp³-hybridized carbons (Fsp3) is 0.857. The highest BCUT2D eigenvalue weighted by Gasteiger charge is 2.28. The molecule has 132 valence electrons. The molecule has 0 aliphatic carbocycles. The van der Waals surface area contributed by atoms with Crippen LogP contribution >= 0.6 is 0 Å². The van der Waals surface area contributed by atoms with E-state index in [2.05, 4.69) is 0 Å². The Morgan fingerprint density at radius 3 is 2.26 bits per heavy atom. The number of nitrogens with zero attached hydrogens (tertiary/aromatic N) is 3. The molecule has 0 saturated carbocycles. The first-order chi connectivity index (χ1) is 10.9. The lowest BCUT2D eigenvalue weighted by Crippen LogP contribution is -2.51. The van der Waals surface area contributed by atoms with E-state index in [1.165, 1.54) is 4.31 Å². The SMILES string of the molecule is CCOC(=O)N1CCN(C(=O)CCN2CCCCS2(=O)=O)CC1. The second-order valence-electron chi connectivity index (χ2n) is 5.74. The summed E-state index contributed by atoms with van der Waals surface area (Å²) in [5.74, 6) is 0.119. The van der Waals surface area contributed by atoms with E-state index in [4.69, 9.17) is 4.74 Å². The van der Waals surface area contributed by atoms with Crippen LogP contribution in [-0.4, -0.2) is 86.2 Å². The lowest BCUT2D eigenvalue weighted by Gasteiger charge is -2.34. The molecule has 0 unspecified atom stereocenters. The van der Waals surface area contributed by atoms with Gasteiger partial charge in [0.05, 0.1) is 12.4 Å². The molecule has 0 aromatic rings. The van der Waals surface area contributed by atoms with E-state index in [9.17, 15) is 18.0 Å². The molecule has 8 nitrogen and oxygen atoms in total. The van der Waals surface area contributed by atoms with Gasteiger partial charge in [-0.05, 0) is 19.8 Å². The van der Waals surface area contributed by atoms with Crippen LogP contribution in [0.2, 0.25) is 0 Å². The van der Waals surface area contributed by atoms with Gasteiger partial charge in [0, 0.05) is 45.7 Å². The van der Waals surface area contributed by atoms with Crippen LogP contribution in [0.4, 0.5) is 4.79 Å². The van der Waals surface area contributed by atoms with Gasteiger partial charge in [-0.1, -0.05) is 0 Å². The van der Waals surface area contributed by atoms with Gasteiger partial charge in [-0.25, -0.2) is 17.5 Å². The van der Waals surface area contributed by atoms with Crippen LogP contribution in [0, 0.1) is 0 Å². The maximum Gasteiger partial charge on any atom is 0.409 e. The Morgan fingerprint density at radius 1 is 1.00 bits per heavy atom. The molecule has 2 fully saturated rings. The lowest BCUT2D eigenvalue weighted by atomic mass is 10.2. The highest BCUT2D eigenvalue weighted by Crippen LogP contribution is 2.14. The minimum Gasteiger partial charge on any atom is -0.450 e. The Balaban J connectivity index is 1.76. The van der Waals surface area contributed by atoms with Gasteiger partial charge in [-0.2, -0.15) is 0 Å². The number of rotatable bonds is 4. The largest absolute Gasteiger partial charge is 0.450 e. The average molecular weight is 347 g/mol. The van der Waals surface area contributed by atoms with Gasteiger partial charge in [0.15, 0.2) is 0 Å². The van der Waals surface area contributed by atoms with E-state index in [1.54, 1.807) is 16.7 Å². The summed E-state index contributed by atoms with van der Waals surface area (Å²) in [6, 6.07) is 0. The number of hydrogen-bond acceptors (Lipinski definition) is 5. The standard InChI is InChI=1S/C14H25N3O5S/c1-2-22-14(19)16-10-8-15(9-11-16)13(18)5-7-17-6-3-4-12-23(17,20)21/h2-12H2,1H3. The molecule has 0 aromatic heterocycles. The molecule has 2 aliphatic heterocycles. The zero-order valence-electron chi connectivity index (χ0n) is 13.6. The number of amides is 2. The normalized spacial score (nSPS) is 22.0. The third-order valence-electron chi connectivity index (χ3n) is 4.19. The molecule has 2 saturated heterocycles. The third kappa shape index (κ3) is 4.81. The molecule has 0 bridgehead atoms. The van der Waals surface area contributed by atoms with E-state index in [-0.39, 0.29) is 30.7 Å². The van der Waals surface area contributed by atoms with Crippen LogP contribution in [0.25, 0.3) is 0 Å². The maximum atomic E-state index is 12.2. The number of ether oxygens (including phenoxy) is 1. The predicted octanol–water partition coefficient (Wildman–Crippen LogP) is 0.103. The minimum atomic E-state index is -3.18. The summed E-state index contributed by atoms with van der Waals surface area (Å²) >= 11 is 0. The molecule has 2 heterocycles. The van der Waals surface area contributed by atoms with Crippen molar-refractivity contribution in [2.75, 3.05) is 51.6 Å². The Morgan fingerprint density at radius 2 is 1.65 bits per heavy atom. The van der Waals surface area contributed by atoms with Crippen molar-refractivity contribution >= 4 is 22.0 Å². The molecule has 23 heavy (non-hydrogen) atoms. The second kappa shape index (κ2) is 7.96. The van der Waals surface area contributed by atoms with Crippen LogP contribution in [0.15, 0.2) is 0 Å². The molecule has 0 aromatic carbocycles. The Kier molecular flexibility index (Phi) is 6.23. The molecular formula is C14H25N3O5S. The smallest absolute Gasteiger partial charge is 0.409 e. The van der Waals surface area contributed by atoms with Crippen LogP contribution in [0.1, 0.15) is 26.2 Å². The van der Waals surface area contributed by atoms with Crippen molar-refractivity contribution in [3.8, 4) is 0 Å². The molecule has 0 radical (unpaired) electrons. The molecule has 0 spiro atoms. The van der Waals surface area contributed by atoms with E-state index in [1.807, 2.05) is 0 Å². The van der Waals surface area contributed by atoms with Gasteiger partial charge in [0.2, 0.25) is 15.9 Å². The van der Waals surface area contributed by atoms with Gasteiger partial charge in [0.25, 0.3) is 0 Å². The fourth-order valence-corrected chi connectivity index (χ4v) is 4.43. The first kappa shape index (κ1) is 18.0. The van der Waals surface area contributed by atoms with E-state index in [0.717, 1.165) is 6.42 Å². The van der Waals surface area contributed by atoms with E-state index in [0.29, 0.717) is 45.8 Å². The van der Waals surface area contributed by atoms with Gasteiger partial charge in [0.1, 0.15) is 0 Å². The quantitative estimate of drug-likeness (QED) is 0.720. The summed E-state index contributed by atoms with van der Waals surface area (Å²) in [5.41, 5.74) is 0. The van der Waals surface area contributed by atoms with Crippen molar-refractivity contribution in [1.82, 2.24) is 14.1 Å². The zero-order chi connectivity index (χ0) is 16.9. The van der Waals surface area contributed by atoms with Gasteiger partial charge >= 0.3 is 6.09 Å². The monoisotopic (exact) mass is 347 g/mol. The highest BCUT2D eigenvalue weighted by atomic mass is 32.2. The van der Waals surface area contributed by atoms with Crippen molar-refractivity contribution in [2.24, 2.45) is 0 Å². The summed E-state index contributed by atoms with van der Waals surface area (Å²) < 4.78 is 30.1. The summed E-state index contributed by atoms with van der Waals surface area (Å²) in [5, 5.41) is 0. The minimum absolute atomic E-state index is 0.0608. The first-order valence-electron chi connectivity index (χ1n) is 8.11. The molecule has 2 aliphatic rings. The van der Waals surface area contributed by atoms with E-state index >= 15 is 0 Å². The summed E-state index contributed by atoms with van der Waals surface area (Å²) in [4.78, 5) is 27.1. The molecule has 0 atom stereocenters. The predicted molar refractivity (Wildman–Crippen MR) is 84.4 cm³/mol. The summed E-state index contributed by atoms with van der Waals surface area (Å²) in [7, 11) is -3.18. The summed E-state index contributed by atoms with van der Waals surface area (Å²) in [6.07, 6.45) is 1.39. The average Bonchev–Trinajstić information content (AvgIpc) is 2.53. The number of piperazine rings is 1. The molecule has 9 heteroatoms. The van der Waals surface area contributed by atoms with Crippen molar-refractivity contribution in [3.63, 3.8) is 0 Å². The number of hydrogen-bond donors (Lipinski definition) is 0. The van der Waals surface area contributed by atoms with Gasteiger partial charge < -0.3 is 14.5 Å². The van der Waals surface area contributed by atoms with E-state index < -0.39 is 10.0 Å². The highest BCUT2D eigenvalue weighted by molar-refractivity contribution is 7.89. The number of carbonyl (C=O) groups excluding carboxylic acids is 2. The topological polar surface area (TPSA) is 87.2 Å². The third-order valence-corrected chi connectivity index (χ3v) is 6.14. The first-order valence-corrected chi connectivity index (χ1v) is 9.72. The van der Waals surface area contributed by atoms with Crippen molar-refractivity contribution in [2.45, 2.75) is 26.2 Å². The van der Waals surface area contributed by atoms with Crippen LogP contribution in [0.5, 0.6) is 0 Å². The maximum absolute atomic E-state index is 12.2. The molecular weight excluding hydrogens is 322 g/mol. The van der Waals surface area contributed by atoms with Gasteiger partial charge in [-0.3, -0.25) is 4.79 Å². The lowest BCUT2D eigenvalue weighted by molar-refractivity contribution is -0.132. The van der Waals surface area contributed by atoms with Gasteiger partial charge in [-0.15, -0.1) is 0 Å². The Labute approximate surface area is 137 Å². The fourth-order valence-electron chi connectivity index (χ4n) is 2.82. The molecule has 2 rings (SSSR count). The molecule has 0 N–H and O–H groups in total. The van der Waals surface area contributed by atoms with Crippen LogP contribution < -0.4 is 0 Å². The number of sulfonamides is 1. The van der Waals surface area contributed by atoms with Crippen molar-refractivity contribution < 1.29 is 22.7 Å². The Bertz CT molecular complexity index is 529. The van der Waals surface area contributed by atoms with Crippen molar-refractivity contribution in [1.29, 1.82) is 0 Å². The second-order valence-corrected chi connectivity index (χ2v) is 7.83. The van der Waals surface area contributed by atoms with Crippen LogP contribution in [-0.2, 0) is 19.6 Å². The number of carbonyl (C=O) groups is 2. The summed E-state index contributed by atoms with van der Waals surface area (Å²) in [6.45, 7) is 4.67. The van der Waals surface area contributed by atoms with Crippen molar-refractivity contribution in [3.05, 3.63) is 0 Å². The Hall–Kier alpha value is -1.35. The molecule has 2 amide bonds. The van der Waals surface area contributed by atoms with Crippen LogP contribution in [0.3, 0.4) is 0 Å².